The number of methoxy groups -OCH3 is 1. The van der Waals surface area contributed by atoms with E-state index >= 15 is 0 Å². The molecule has 188 valence electrons. The van der Waals surface area contributed by atoms with Gasteiger partial charge in [0.25, 0.3) is 0 Å². The Hall–Kier alpha value is -2.57. The van der Waals surface area contributed by atoms with E-state index < -0.39 is 17.8 Å². The number of hydrogen-bond donors (Lipinski definition) is 3. The second-order valence-corrected chi connectivity index (χ2v) is 8.55. The molecule has 7 nitrogen and oxygen atoms in total. The molecule has 1 aromatic carbocycles. The molecule has 0 heterocycles. The van der Waals surface area contributed by atoms with Crippen LogP contribution < -0.4 is 9.47 Å². The Morgan fingerprint density at radius 1 is 1.15 bits per heavy atom. The Morgan fingerprint density at radius 2 is 1.85 bits per heavy atom. The highest BCUT2D eigenvalue weighted by molar-refractivity contribution is 5.69. The van der Waals surface area contributed by atoms with Gasteiger partial charge in [0.05, 0.1) is 25.9 Å². The summed E-state index contributed by atoms with van der Waals surface area (Å²) in [5.74, 6) is 0.614. The van der Waals surface area contributed by atoms with Gasteiger partial charge in [0.2, 0.25) is 0 Å². The molecule has 1 unspecified atom stereocenters. The summed E-state index contributed by atoms with van der Waals surface area (Å²) >= 11 is 0. The molecule has 0 bridgehead atoms. The van der Waals surface area contributed by atoms with Crippen LogP contribution in [-0.2, 0) is 9.53 Å². The van der Waals surface area contributed by atoms with Crippen molar-refractivity contribution in [1.82, 2.24) is 0 Å². The van der Waals surface area contributed by atoms with Crippen LogP contribution in [-0.4, -0.2) is 59.4 Å². The summed E-state index contributed by atoms with van der Waals surface area (Å²) in [6, 6.07) is 7.13. The van der Waals surface area contributed by atoms with Gasteiger partial charge in [-0.3, -0.25) is 4.79 Å². The molecule has 1 aliphatic carbocycles. The minimum Gasteiger partial charge on any atom is -0.497 e. The number of aliphatic hydroxyl groups is 3. The van der Waals surface area contributed by atoms with Crippen molar-refractivity contribution in [1.29, 1.82) is 0 Å². The lowest BCUT2D eigenvalue weighted by atomic mass is 9.88. The predicted octanol–water partition coefficient (Wildman–Crippen LogP) is 3.57. The van der Waals surface area contributed by atoms with Gasteiger partial charge in [0.1, 0.15) is 23.7 Å². The number of rotatable bonds is 13. The van der Waals surface area contributed by atoms with E-state index in [0.29, 0.717) is 38.0 Å². The highest BCUT2D eigenvalue weighted by atomic mass is 16.5. The first-order valence-electron chi connectivity index (χ1n) is 11.9. The van der Waals surface area contributed by atoms with E-state index in [9.17, 15) is 20.1 Å². The summed E-state index contributed by atoms with van der Waals surface area (Å²) in [4.78, 5) is 11.4. The third-order valence-corrected chi connectivity index (χ3v) is 6.13. The number of aliphatic hydroxyl groups excluding tert-OH is 2. The lowest BCUT2D eigenvalue weighted by molar-refractivity contribution is -0.143. The third kappa shape index (κ3) is 8.65. The third-order valence-electron chi connectivity index (χ3n) is 6.13. The van der Waals surface area contributed by atoms with Crippen LogP contribution in [0.2, 0.25) is 0 Å². The maximum atomic E-state index is 11.4. The molecule has 34 heavy (non-hydrogen) atoms. The summed E-state index contributed by atoms with van der Waals surface area (Å²) in [7, 11) is 1.59. The van der Waals surface area contributed by atoms with Gasteiger partial charge in [-0.15, -0.1) is 5.73 Å². The van der Waals surface area contributed by atoms with Gasteiger partial charge >= 0.3 is 5.97 Å². The maximum absolute atomic E-state index is 11.4. The number of esters is 1. The van der Waals surface area contributed by atoms with Crippen molar-refractivity contribution in [2.45, 2.75) is 63.8 Å². The summed E-state index contributed by atoms with van der Waals surface area (Å²) in [6.07, 6.45) is 7.79. The molecule has 1 aromatic rings. The fourth-order valence-electron chi connectivity index (χ4n) is 3.94. The molecule has 0 aliphatic heterocycles. The van der Waals surface area contributed by atoms with Gasteiger partial charge in [-0.1, -0.05) is 19.1 Å². The van der Waals surface area contributed by atoms with Crippen molar-refractivity contribution in [3.63, 3.8) is 0 Å². The highest BCUT2D eigenvalue weighted by Crippen LogP contribution is 2.36. The Morgan fingerprint density at radius 3 is 2.50 bits per heavy atom. The monoisotopic (exact) mass is 474 g/mol. The molecular formula is C27H38O7. The Bertz CT molecular complexity index is 841. The molecule has 3 N–H and O–H groups in total. The Labute approximate surface area is 202 Å². The lowest BCUT2D eigenvalue weighted by Crippen LogP contribution is -2.33. The zero-order valence-electron chi connectivity index (χ0n) is 20.4. The van der Waals surface area contributed by atoms with E-state index in [4.69, 9.17) is 14.2 Å². The normalized spacial score (nSPS) is 23.7. The van der Waals surface area contributed by atoms with E-state index in [-0.39, 0.29) is 30.8 Å². The molecule has 0 saturated heterocycles. The molecule has 0 radical (unpaired) electrons. The number of carbonyl (C=O) groups is 1. The zero-order chi connectivity index (χ0) is 25.0. The molecule has 1 fully saturated rings. The van der Waals surface area contributed by atoms with Crippen molar-refractivity contribution in [2.75, 3.05) is 20.3 Å². The van der Waals surface area contributed by atoms with Crippen molar-refractivity contribution >= 4 is 5.97 Å². The lowest BCUT2D eigenvalue weighted by Gasteiger charge is -2.25. The van der Waals surface area contributed by atoms with E-state index in [1.165, 1.54) is 0 Å². The van der Waals surface area contributed by atoms with E-state index in [1.54, 1.807) is 56.5 Å². The van der Waals surface area contributed by atoms with Crippen LogP contribution in [0.4, 0.5) is 0 Å². The number of ether oxygens (including phenoxy) is 3. The second-order valence-electron chi connectivity index (χ2n) is 8.55. The molecule has 1 saturated carbocycles. The first kappa shape index (κ1) is 27.7. The SMILES string of the molecule is CCOC(=O)CCC=C=CC[C@@H]1[C@@H](C=CC(O)(CC)COc2ccc(OC)cc2)[C@H](O)C[C@@H]1O. The summed E-state index contributed by atoms with van der Waals surface area (Å²) in [6.45, 7) is 4.07. The molecule has 7 heteroatoms. The number of allylic oxidation sites excluding steroid dienone is 1. The smallest absolute Gasteiger partial charge is 0.306 e. The Kier molecular flexibility index (Phi) is 11.4. The molecule has 0 amide bonds. The fraction of sp³-hybridized carbons (Fsp3) is 0.556. The van der Waals surface area contributed by atoms with Gasteiger partial charge < -0.3 is 29.5 Å². The summed E-state index contributed by atoms with van der Waals surface area (Å²) in [5.41, 5.74) is 1.84. The van der Waals surface area contributed by atoms with Crippen LogP contribution in [0.1, 0.15) is 46.0 Å². The fourth-order valence-corrected chi connectivity index (χ4v) is 3.94. The van der Waals surface area contributed by atoms with Gasteiger partial charge in [-0.2, -0.15) is 0 Å². The second kappa shape index (κ2) is 14.0. The van der Waals surface area contributed by atoms with Gasteiger partial charge in [-0.05, 0) is 68.5 Å². The number of benzene rings is 1. The first-order chi connectivity index (χ1) is 16.3. The molecule has 1 aliphatic rings. The zero-order valence-corrected chi connectivity index (χ0v) is 20.4. The van der Waals surface area contributed by atoms with Crippen LogP contribution in [0, 0.1) is 11.8 Å². The summed E-state index contributed by atoms with van der Waals surface area (Å²) in [5, 5.41) is 31.9. The van der Waals surface area contributed by atoms with E-state index in [1.807, 2.05) is 13.0 Å². The van der Waals surface area contributed by atoms with Crippen molar-refractivity contribution < 1.29 is 34.3 Å². The van der Waals surface area contributed by atoms with Gasteiger partial charge in [-0.25, -0.2) is 0 Å². The quantitative estimate of drug-likeness (QED) is 0.228. The van der Waals surface area contributed by atoms with Crippen molar-refractivity contribution in [3.05, 3.63) is 54.3 Å². The summed E-state index contributed by atoms with van der Waals surface area (Å²) < 4.78 is 15.8. The van der Waals surface area contributed by atoms with E-state index in [2.05, 4.69) is 5.73 Å². The molecule has 2 rings (SSSR count). The minimum atomic E-state index is -1.21. The molecular weight excluding hydrogens is 436 g/mol. The minimum absolute atomic E-state index is 0.0610. The number of hydrogen-bond acceptors (Lipinski definition) is 7. The van der Waals surface area contributed by atoms with Crippen molar-refractivity contribution in [3.8, 4) is 11.5 Å². The van der Waals surface area contributed by atoms with Crippen LogP contribution in [0.25, 0.3) is 0 Å². The number of carbonyl (C=O) groups excluding carboxylic acids is 1. The maximum Gasteiger partial charge on any atom is 0.306 e. The van der Waals surface area contributed by atoms with Crippen LogP contribution in [0.15, 0.2) is 54.3 Å². The van der Waals surface area contributed by atoms with Crippen LogP contribution in [0.5, 0.6) is 11.5 Å². The van der Waals surface area contributed by atoms with E-state index in [0.717, 1.165) is 5.75 Å². The highest BCUT2D eigenvalue weighted by Gasteiger charge is 2.40. The average molecular weight is 475 g/mol. The van der Waals surface area contributed by atoms with Gasteiger partial charge in [0.15, 0.2) is 0 Å². The topological polar surface area (TPSA) is 105 Å². The standard InChI is InChI=1S/C27H38O7/c1-4-27(31,19-34-21-14-12-20(32-3)13-15-21)17-16-23-22(24(28)18-25(23)29)10-8-6-7-9-11-26(30)33-5-2/h7-8,12-17,22-25,28-29,31H,4-5,9-11,18-19H2,1-3H3/t6?,22-,23-,24+,25-,27?/m1/s1. The average Bonchev–Trinajstić information content (AvgIpc) is 3.11. The predicted molar refractivity (Wildman–Crippen MR) is 130 cm³/mol. The van der Waals surface area contributed by atoms with Gasteiger partial charge in [0, 0.05) is 18.8 Å². The Balaban J connectivity index is 1.96. The van der Waals surface area contributed by atoms with Crippen molar-refractivity contribution in [2.24, 2.45) is 11.8 Å². The first-order valence-corrected chi connectivity index (χ1v) is 11.9. The molecule has 5 atom stereocenters. The van der Waals surface area contributed by atoms with Crippen LogP contribution >= 0.6 is 0 Å². The molecule has 0 aromatic heterocycles. The molecule has 0 spiro atoms. The largest absolute Gasteiger partial charge is 0.497 e. The van der Waals surface area contributed by atoms with Crippen LogP contribution in [0.3, 0.4) is 0 Å².